The molecule has 4 N–H and O–H groups in total. The van der Waals surface area contributed by atoms with Crippen LogP contribution in [0.5, 0.6) is 0 Å². The van der Waals surface area contributed by atoms with Crippen LogP contribution in [-0.2, 0) is 9.59 Å². The first kappa shape index (κ1) is 17.0. The monoisotopic (exact) mass is 286 g/mol. The van der Waals surface area contributed by atoms with Crippen LogP contribution in [0.3, 0.4) is 0 Å². The minimum Gasteiger partial charge on any atom is -0.481 e. The van der Waals surface area contributed by atoms with Gasteiger partial charge in [-0.3, -0.25) is 4.79 Å². The topological polar surface area (TPSA) is 116 Å². The van der Waals surface area contributed by atoms with E-state index in [2.05, 4.69) is 0 Å². The first-order chi connectivity index (χ1) is 8.61. The lowest BCUT2D eigenvalue weighted by Crippen LogP contribution is -2.48. The first-order valence-electron chi connectivity index (χ1n) is 5.17. The molecule has 10 heteroatoms. The van der Waals surface area contributed by atoms with E-state index in [-0.39, 0.29) is 19.3 Å². The van der Waals surface area contributed by atoms with E-state index in [9.17, 15) is 27.6 Å². The normalized spacial score (nSPS) is 12.6. The van der Waals surface area contributed by atoms with Gasteiger partial charge >= 0.3 is 24.1 Å². The summed E-state index contributed by atoms with van der Waals surface area (Å²) in [7, 11) is 0. The van der Waals surface area contributed by atoms with Crippen molar-refractivity contribution in [3.8, 4) is 0 Å². The molecular weight excluding hydrogens is 273 g/mol. The van der Waals surface area contributed by atoms with Gasteiger partial charge in [-0.2, -0.15) is 13.2 Å². The number of carboxylic acids is 2. The summed E-state index contributed by atoms with van der Waals surface area (Å²) in [5, 5.41) is 20.3. The van der Waals surface area contributed by atoms with Gasteiger partial charge in [-0.1, -0.05) is 0 Å². The van der Waals surface area contributed by atoms with Crippen LogP contribution in [0.4, 0.5) is 18.0 Å². The van der Waals surface area contributed by atoms with Gasteiger partial charge in [-0.15, -0.1) is 0 Å². The highest BCUT2D eigenvalue weighted by molar-refractivity contribution is 5.82. The quantitative estimate of drug-likeness (QED) is 0.545. The van der Waals surface area contributed by atoms with Gasteiger partial charge in [0.25, 0.3) is 0 Å². The second-order valence-corrected chi connectivity index (χ2v) is 3.62. The molecule has 0 aromatic carbocycles. The summed E-state index contributed by atoms with van der Waals surface area (Å²) in [5.41, 5.74) is 0. The van der Waals surface area contributed by atoms with Crippen LogP contribution in [0.2, 0.25) is 0 Å². The van der Waals surface area contributed by atoms with E-state index in [1.807, 2.05) is 5.32 Å². The maximum Gasteiger partial charge on any atom is 0.405 e. The van der Waals surface area contributed by atoms with Gasteiger partial charge < -0.3 is 20.8 Å². The van der Waals surface area contributed by atoms with Gasteiger partial charge in [-0.25, -0.2) is 9.59 Å². The van der Waals surface area contributed by atoms with E-state index in [0.29, 0.717) is 0 Å². The highest BCUT2D eigenvalue weighted by Crippen LogP contribution is 2.12. The second kappa shape index (κ2) is 7.44. The molecule has 0 aliphatic heterocycles. The Balaban J connectivity index is 4.16. The summed E-state index contributed by atoms with van der Waals surface area (Å²) in [6.07, 6.45) is -5.11. The zero-order valence-corrected chi connectivity index (χ0v) is 9.66. The third-order valence-corrected chi connectivity index (χ3v) is 1.94. The van der Waals surface area contributed by atoms with E-state index in [1.165, 1.54) is 5.32 Å². The molecule has 0 rings (SSSR count). The Morgan fingerprint density at radius 1 is 1.16 bits per heavy atom. The molecule has 7 nitrogen and oxygen atoms in total. The van der Waals surface area contributed by atoms with Crippen LogP contribution < -0.4 is 10.6 Å². The van der Waals surface area contributed by atoms with Crippen LogP contribution >= 0.6 is 0 Å². The number of halogens is 3. The maximum atomic E-state index is 11.8. The van der Waals surface area contributed by atoms with Crippen molar-refractivity contribution >= 4 is 18.0 Å². The predicted molar refractivity (Wildman–Crippen MR) is 55.5 cm³/mol. The number of alkyl halides is 3. The molecular formula is C9H13F3N2O5. The molecule has 1 atom stereocenters. The van der Waals surface area contributed by atoms with Crippen molar-refractivity contribution in [1.82, 2.24) is 10.6 Å². The Hall–Kier alpha value is -2.00. The first-order valence-corrected chi connectivity index (χ1v) is 5.17. The lowest BCUT2D eigenvalue weighted by atomic mass is 10.1. The second-order valence-electron chi connectivity index (χ2n) is 3.62. The van der Waals surface area contributed by atoms with Gasteiger partial charge in [0.05, 0.1) is 0 Å². The van der Waals surface area contributed by atoms with Crippen LogP contribution in [0.1, 0.15) is 19.3 Å². The molecule has 0 unspecified atom stereocenters. The van der Waals surface area contributed by atoms with Crippen molar-refractivity contribution in [3.05, 3.63) is 0 Å². The SMILES string of the molecule is O=C(O)CCC[C@@H](NC(=O)NCC(F)(F)F)C(=O)O. The van der Waals surface area contributed by atoms with Crippen molar-refractivity contribution in [1.29, 1.82) is 0 Å². The third kappa shape index (κ3) is 9.68. The molecule has 0 fully saturated rings. The number of urea groups is 1. The fourth-order valence-corrected chi connectivity index (χ4v) is 1.10. The molecule has 0 aromatic heterocycles. The molecule has 0 heterocycles. The maximum absolute atomic E-state index is 11.8. The van der Waals surface area contributed by atoms with Crippen LogP contribution in [0.25, 0.3) is 0 Å². The number of carbonyl (C=O) groups is 3. The summed E-state index contributed by atoms with van der Waals surface area (Å²) in [4.78, 5) is 31.9. The number of hydrogen-bond acceptors (Lipinski definition) is 3. The van der Waals surface area contributed by atoms with E-state index in [4.69, 9.17) is 10.2 Å². The summed E-state index contributed by atoms with van der Waals surface area (Å²) in [5.74, 6) is -2.58. The van der Waals surface area contributed by atoms with Gasteiger partial charge in [0.2, 0.25) is 0 Å². The third-order valence-electron chi connectivity index (χ3n) is 1.94. The lowest BCUT2D eigenvalue weighted by Gasteiger charge is -2.15. The number of nitrogens with one attached hydrogen (secondary N) is 2. The molecule has 0 bridgehead atoms. The number of carboxylic acid groups (broad SMARTS) is 2. The highest BCUT2D eigenvalue weighted by Gasteiger charge is 2.28. The predicted octanol–water partition coefficient (Wildman–Crippen LogP) is 0.556. The van der Waals surface area contributed by atoms with Crippen LogP contribution in [0.15, 0.2) is 0 Å². The molecule has 0 saturated carbocycles. The van der Waals surface area contributed by atoms with Crippen molar-refractivity contribution in [2.75, 3.05) is 6.54 Å². The molecule has 0 aliphatic carbocycles. The number of hydrogen-bond donors (Lipinski definition) is 4. The smallest absolute Gasteiger partial charge is 0.405 e. The fourth-order valence-electron chi connectivity index (χ4n) is 1.10. The van der Waals surface area contributed by atoms with Crippen molar-refractivity contribution < 1.29 is 37.8 Å². The minimum absolute atomic E-state index is 0.0220. The van der Waals surface area contributed by atoms with E-state index < -0.39 is 36.7 Å². The number of amides is 2. The van der Waals surface area contributed by atoms with E-state index in [0.717, 1.165) is 0 Å². The average Bonchev–Trinajstić information content (AvgIpc) is 2.23. The van der Waals surface area contributed by atoms with E-state index in [1.54, 1.807) is 0 Å². The fraction of sp³-hybridized carbons (Fsp3) is 0.667. The summed E-state index contributed by atoms with van der Waals surface area (Å²) in [6, 6.07) is -2.72. The zero-order valence-electron chi connectivity index (χ0n) is 9.66. The van der Waals surface area contributed by atoms with Gasteiger partial charge in [0.1, 0.15) is 12.6 Å². The Bertz CT molecular complexity index is 345. The number of aliphatic carboxylic acids is 2. The van der Waals surface area contributed by atoms with Gasteiger partial charge in [0, 0.05) is 6.42 Å². The molecule has 2 amide bonds. The molecule has 0 spiro atoms. The number of rotatable bonds is 7. The lowest BCUT2D eigenvalue weighted by molar-refractivity contribution is -0.140. The molecule has 0 saturated heterocycles. The molecule has 19 heavy (non-hydrogen) atoms. The highest BCUT2D eigenvalue weighted by atomic mass is 19.4. The van der Waals surface area contributed by atoms with Gasteiger partial charge in [0.15, 0.2) is 0 Å². The summed E-state index contributed by atoms with van der Waals surface area (Å²) in [6.45, 7) is -1.58. The molecule has 110 valence electrons. The average molecular weight is 286 g/mol. The Kier molecular flexibility index (Phi) is 6.66. The number of carbonyl (C=O) groups excluding carboxylic acids is 1. The van der Waals surface area contributed by atoms with Crippen LogP contribution in [0, 0.1) is 0 Å². The molecule has 0 aliphatic rings. The van der Waals surface area contributed by atoms with Gasteiger partial charge in [-0.05, 0) is 12.8 Å². The minimum atomic E-state index is -4.60. The van der Waals surface area contributed by atoms with Crippen molar-refractivity contribution in [2.24, 2.45) is 0 Å². The Morgan fingerprint density at radius 3 is 2.16 bits per heavy atom. The summed E-state index contributed by atoms with van der Waals surface area (Å²) < 4.78 is 35.3. The summed E-state index contributed by atoms with van der Waals surface area (Å²) >= 11 is 0. The molecule has 0 radical (unpaired) electrons. The molecule has 0 aromatic rings. The Labute approximate surface area is 105 Å². The largest absolute Gasteiger partial charge is 0.481 e. The Morgan fingerprint density at radius 2 is 1.74 bits per heavy atom. The van der Waals surface area contributed by atoms with E-state index >= 15 is 0 Å². The van der Waals surface area contributed by atoms with Crippen molar-refractivity contribution in [2.45, 2.75) is 31.5 Å². The van der Waals surface area contributed by atoms with Crippen molar-refractivity contribution in [3.63, 3.8) is 0 Å². The zero-order chi connectivity index (χ0) is 15.1. The van der Waals surface area contributed by atoms with Crippen LogP contribution in [-0.4, -0.2) is 46.9 Å². The standard InChI is InChI=1S/C9H13F3N2O5/c10-9(11,12)4-13-8(19)14-5(7(17)18)2-1-3-6(15)16/h5H,1-4H2,(H,15,16)(H,17,18)(H2,13,14,19)/t5-/m1/s1.